The largest absolute Gasteiger partial charge is 0.460 e. The molecule has 2 aliphatic rings. The van der Waals surface area contributed by atoms with Gasteiger partial charge in [-0.25, -0.2) is 0 Å². The summed E-state index contributed by atoms with van der Waals surface area (Å²) < 4.78 is 12.0. The number of carbonyl (C=O) groups excluding carboxylic acids is 1. The Balaban J connectivity index is 1.33. The van der Waals surface area contributed by atoms with E-state index in [1.54, 1.807) is 0 Å². The highest BCUT2D eigenvalue weighted by Gasteiger charge is 2.49. The van der Waals surface area contributed by atoms with Crippen molar-refractivity contribution in [2.45, 2.75) is 141 Å². The molecule has 0 saturated heterocycles. The summed E-state index contributed by atoms with van der Waals surface area (Å²) in [5.41, 5.74) is 1.80. The third-order valence-corrected chi connectivity index (χ3v) is 14.9. The van der Waals surface area contributed by atoms with Crippen LogP contribution in [0.2, 0.25) is 5.04 Å². The number of hydrogen-bond donors (Lipinski definition) is 1. The minimum atomic E-state index is -3.06. The van der Waals surface area contributed by atoms with Gasteiger partial charge in [0.05, 0.1) is 12.1 Å². The zero-order chi connectivity index (χ0) is 33.1. The van der Waals surface area contributed by atoms with Crippen molar-refractivity contribution < 1.29 is 18.9 Å². The monoisotopic (exact) mass is 643 g/mol. The molecule has 5 nitrogen and oxygen atoms in total. The number of nitrogens with zero attached hydrogens (tertiary/aromatic N) is 1. The molecule has 1 aromatic heterocycles. The first-order valence-electron chi connectivity index (χ1n) is 17.8. The van der Waals surface area contributed by atoms with Crippen LogP contribution in [0.5, 0.6) is 0 Å². The van der Waals surface area contributed by atoms with E-state index in [-0.39, 0.29) is 16.9 Å². The molecular weight excluding hydrogens is 587 g/mol. The lowest BCUT2D eigenvalue weighted by Gasteiger charge is -2.41. The van der Waals surface area contributed by atoms with Gasteiger partial charge in [-0.05, 0) is 98.9 Å². The van der Waals surface area contributed by atoms with Gasteiger partial charge in [-0.2, -0.15) is 0 Å². The van der Waals surface area contributed by atoms with Gasteiger partial charge < -0.3 is 14.1 Å². The maximum Gasteiger partial charge on any atom is 0.306 e. The number of carbonyl (C=O) groups is 1. The molecule has 0 aliphatic heterocycles. The van der Waals surface area contributed by atoms with Crippen LogP contribution >= 0.6 is 0 Å². The van der Waals surface area contributed by atoms with Gasteiger partial charge in [-0.15, -0.1) is 0 Å². The van der Waals surface area contributed by atoms with Crippen LogP contribution in [0.1, 0.15) is 147 Å². The van der Waals surface area contributed by atoms with E-state index in [2.05, 4.69) is 52.0 Å². The van der Waals surface area contributed by atoms with E-state index in [1.807, 2.05) is 57.2 Å². The normalized spacial score (nSPS) is 19.6. The summed E-state index contributed by atoms with van der Waals surface area (Å²) in [6.07, 6.45) is 9.96. The number of aromatic nitrogens is 1. The predicted molar refractivity (Wildman–Crippen MR) is 189 cm³/mol. The molecule has 2 saturated carbocycles. The molecule has 1 heterocycles. The van der Waals surface area contributed by atoms with Crippen LogP contribution in [0.25, 0.3) is 0 Å². The molecule has 2 aromatic carbocycles. The standard InChI is InChI=1S/C40H57NO4Si/c1-28(2)24-29-25-32(26-29)38-36(30-21-22-30)37(41-45-38)31(27-35(42)44-39(3,4)5)16-14-15-23-40(6,7)46(43,33-17-10-8-11-18-33)34-19-12-9-13-20-34/h8-13,17-20,28-32,43H,14-16,21-27H2,1-7H3/t29?,31-,32?/m0/s1. The maximum atomic E-state index is 13.2. The van der Waals surface area contributed by atoms with Crippen LogP contribution in [0, 0.1) is 11.8 Å². The van der Waals surface area contributed by atoms with E-state index in [0.29, 0.717) is 18.3 Å². The van der Waals surface area contributed by atoms with Crippen LogP contribution in [0.4, 0.5) is 0 Å². The second-order valence-electron chi connectivity index (χ2n) is 16.3. The number of benzene rings is 2. The molecule has 1 N–H and O–H groups in total. The zero-order valence-electron chi connectivity index (χ0n) is 29.4. The zero-order valence-corrected chi connectivity index (χ0v) is 30.4. The van der Waals surface area contributed by atoms with Crippen LogP contribution in [-0.4, -0.2) is 29.8 Å². The van der Waals surface area contributed by atoms with Crippen LogP contribution in [0.15, 0.2) is 65.2 Å². The highest BCUT2D eigenvalue weighted by Crippen LogP contribution is 2.53. The molecule has 1 atom stereocenters. The van der Waals surface area contributed by atoms with E-state index in [4.69, 9.17) is 14.4 Å². The Morgan fingerprint density at radius 1 is 0.935 bits per heavy atom. The summed E-state index contributed by atoms with van der Waals surface area (Å²) in [5, 5.41) is 6.54. The first kappa shape index (κ1) is 34.6. The van der Waals surface area contributed by atoms with Crippen molar-refractivity contribution in [3.05, 3.63) is 77.7 Å². The highest BCUT2D eigenvalue weighted by atomic mass is 28.4. The lowest BCUT2D eigenvalue weighted by atomic mass is 9.69. The Morgan fingerprint density at radius 3 is 2.04 bits per heavy atom. The quantitative estimate of drug-likeness (QED) is 0.102. The Labute approximate surface area is 278 Å². The first-order valence-corrected chi connectivity index (χ1v) is 19.8. The summed E-state index contributed by atoms with van der Waals surface area (Å²) in [7, 11) is -3.06. The SMILES string of the molecule is CC(C)CC1CC(c2onc([C@@H](CCCCC(C)(C)[Si](O)(c3ccccc3)c3ccccc3)CC(=O)OC(C)(C)C)c2C2CC2)C1. The van der Waals surface area contributed by atoms with Gasteiger partial charge in [0.2, 0.25) is 0 Å². The first-order chi connectivity index (χ1) is 21.8. The van der Waals surface area contributed by atoms with Gasteiger partial charge in [0.1, 0.15) is 11.4 Å². The van der Waals surface area contributed by atoms with E-state index < -0.39 is 13.9 Å². The van der Waals surface area contributed by atoms with Crippen molar-refractivity contribution in [1.29, 1.82) is 0 Å². The molecule has 0 radical (unpaired) electrons. The Hall–Kier alpha value is -2.70. The fourth-order valence-corrected chi connectivity index (χ4v) is 11.7. The van der Waals surface area contributed by atoms with Crippen LogP contribution in [0.3, 0.4) is 0 Å². The maximum absolute atomic E-state index is 13.2. The molecule has 0 bridgehead atoms. The molecule has 0 spiro atoms. The summed E-state index contributed by atoms with van der Waals surface area (Å²) in [6, 6.07) is 20.5. The van der Waals surface area contributed by atoms with Crippen LogP contribution in [-0.2, 0) is 9.53 Å². The number of ether oxygens (including phenoxy) is 1. The van der Waals surface area contributed by atoms with Gasteiger partial charge in [0.25, 0.3) is 8.32 Å². The molecular formula is C40H57NO4Si. The lowest BCUT2D eigenvalue weighted by molar-refractivity contribution is -0.155. The summed E-state index contributed by atoms with van der Waals surface area (Å²) in [4.78, 5) is 25.8. The second-order valence-corrected chi connectivity index (χ2v) is 20.3. The molecule has 0 unspecified atom stereocenters. The highest BCUT2D eigenvalue weighted by molar-refractivity contribution is 6.98. The minimum absolute atomic E-state index is 0.0306. The fourth-order valence-electron chi connectivity index (χ4n) is 7.87. The summed E-state index contributed by atoms with van der Waals surface area (Å²) in [6.45, 7) is 14.9. The van der Waals surface area contributed by atoms with E-state index >= 15 is 0 Å². The second kappa shape index (κ2) is 14.2. The third kappa shape index (κ3) is 8.05. The van der Waals surface area contributed by atoms with Crippen molar-refractivity contribution in [3.8, 4) is 0 Å². The molecule has 3 aromatic rings. The molecule has 0 amide bonds. The number of rotatable bonds is 15. The average molecular weight is 644 g/mol. The Bertz CT molecular complexity index is 1370. The van der Waals surface area contributed by atoms with E-state index in [9.17, 15) is 9.59 Å². The topological polar surface area (TPSA) is 72.6 Å². The van der Waals surface area contributed by atoms with E-state index in [0.717, 1.165) is 59.3 Å². The van der Waals surface area contributed by atoms with Crippen molar-refractivity contribution in [2.24, 2.45) is 11.8 Å². The number of hydrogen-bond acceptors (Lipinski definition) is 5. The van der Waals surface area contributed by atoms with Gasteiger partial charge in [0.15, 0.2) is 0 Å². The smallest absolute Gasteiger partial charge is 0.306 e. The molecule has 6 heteroatoms. The molecule has 46 heavy (non-hydrogen) atoms. The third-order valence-electron chi connectivity index (χ3n) is 10.4. The van der Waals surface area contributed by atoms with Gasteiger partial charge >= 0.3 is 5.97 Å². The minimum Gasteiger partial charge on any atom is -0.460 e. The van der Waals surface area contributed by atoms with Crippen molar-refractivity contribution in [1.82, 2.24) is 5.16 Å². The Kier molecular flexibility index (Phi) is 10.7. The molecule has 5 rings (SSSR count). The van der Waals surface area contributed by atoms with Gasteiger partial charge in [-0.1, -0.05) is 106 Å². The van der Waals surface area contributed by atoms with Crippen molar-refractivity contribution >= 4 is 24.7 Å². The summed E-state index contributed by atoms with van der Waals surface area (Å²) >= 11 is 0. The van der Waals surface area contributed by atoms with E-state index in [1.165, 1.54) is 37.7 Å². The molecule has 2 fully saturated rings. The molecule has 250 valence electrons. The summed E-state index contributed by atoms with van der Waals surface area (Å²) in [5.74, 6) is 3.38. The molecule has 2 aliphatic carbocycles. The van der Waals surface area contributed by atoms with Gasteiger partial charge in [0, 0.05) is 17.4 Å². The Morgan fingerprint density at radius 2 is 1.52 bits per heavy atom. The van der Waals surface area contributed by atoms with Gasteiger partial charge in [-0.3, -0.25) is 4.79 Å². The van der Waals surface area contributed by atoms with Crippen molar-refractivity contribution in [2.75, 3.05) is 0 Å². The number of esters is 1. The lowest BCUT2D eigenvalue weighted by Crippen LogP contribution is -2.65. The average Bonchev–Trinajstić information content (AvgIpc) is 3.73. The predicted octanol–water partition coefficient (Wildman–Crippen LogP) is 9.00. The fraction of sp³-hybridized carbons (Fsp3) is 0.600. The van der Waals surface area contributed by atoms with Crippen molar-refractivity contribution in [3.63, 3.8) is 0 Å². The van der Waals surface area contributed by atoms with Crippen LogP contribution < -0.4 is 10.4 Å². The number of unbranched alkanes of at least 4 members (excludes halogenated alkanes) is 1.